The fourth-order valence-corrected chi connectivity index (χ4v) is 5.96. The normalized spacial score (nSPS) is 24.1. The van der Waals surface area contributed by atoms with E-state index in [1.807, 2.05) is 0 Å². The van der Waals surface area contributed by atoms with Gasteiger partial charge in [-0.15, -0.1) is 0 Å². The molecule has 0 N–H and O–H groups in total. The molecule has 26 heavy (non-hydrogen) atoms. The molecule has 132 valence electrons. The van der Waals surface area contributed by atoms with E-state index in [0.29, 0.717) is 4.83 Å². The summed E-state index contributed by atoms with van der Waals surface area (Å²) in [5, 5.41) is 0. The van der Waals surface area contributed by atoms with Gasteiger partial charge in [0.1, 0.15) is 0 Å². The smallest absolute Gasteiger partial charge is 0.0616 e. The molecule has 5 rings (SSSR count). The van der Waals surface area contributed by atoms with E-state index in [2.05, 4.69) is 65.3 Å². The summed E-state index contributed by atoms with van der Waals surface area (Å²) in [6.45, 7) is 2.30. The van der Waals surface area contributed by atoms with Crippen LogP contribution in [0.3, 0.4) is 0 Å². The summed E-state index contributed by atoms with van der Waals surface area (Å²) < 4.78 is 0. The second kappa shape index (κ2) is 6.53. The molecule has 0 saturated carbocycles. The van der Waals surface area contributed by atoms with Gasteiger partial charge < -0.3 is 0 Å². The molecular weight excluding hydrogens is 380 g/mol. The standard InChI is InChI=1S/C25H25Br/c1-16-12-24-23(15-20-8-4-5-9-22(20)25(24)26)21(16)11-10-17-13-18-6-2-3-7-19(18)14-17/h2-3,6-7,12-13,15,25H,4-5,8-11,14H2,1H3. The largest absolute Gasteiger partial charge is 0.0790 e. The van der Waals surface area contributed by atoms with Crippen LogP contribution in [-0.4, -0.2) is 4.83 Å². The van der Waals surface area contributed by atoms with Gasteiger partial charge in [-0.3, -0.25) is 0 Å². The van der Waals surface area contributed by atoms with Gasteiger partial charge in [0.15, 0.2) is 0 Å². The summed E-state index contributed by atoms with van der Waals surface area (Å²) >= 11 is 4.02. The average Bonchev–Trinajstić information content (AvgIpc) is 3.21. The zero-order chi connectivity index (χ0) is 17.7. The Morgan fingerprint density at radius 3 is 2.73 bits per heavy atom. The molecule has 1 unspecified atom stereocenters. The van der Waals surface area contributed by atoms with Crippen LogP contribution in [0.4, 0.5) is 0 Å². The van der Waals surface area contributed by atoms with E-state index in [4.69, 9.17) is 0 Å². The molecule has 0 heterocycles. The minimum absolute atomic E-state index is 0.445. The first-order valence-electron chi connectivity index (χ1n) is 9.98. The van der Waals surface area contributed by atoms with Crippen molar-refractivity contribution < 1.29 is 0 Å². The van der Waals surface area contributed by atoms with Crippen molar-refractivity contribution in [1.29, 1.82) is 0 Å². The van der Waals surface area contributed by atoms with Crippen molar-refractivity contribution in [2.75, 3.05) is 0 Å². The second-order valence-corrected chi connectivity index (χ2v) is 9.03. The van der Waals surface area contributed by atoms with Crippen LogP contribution >= 0.6 is 15.9 Å². The molecule has 0 spiro atoms. The molecular formula is C25H25Br. The van der Waals surface area contributed by atoms with E-state index in [9.17, 15) is 0 Å². The summed E-state index contributed by atoms with van der Waals surface area (Å²) in [6.07, 6.45) is 16.1. The van der Waals surface area contributed by atoms with Crippen LogP contribution in [0.2, 0.25) is 0 Å². The highest BCUT2D eigenvalue weighted by atomic mass is 79.9. The van der Waals surface area contributed by atoms with Gasteiger partial charge in [0.2, 0.25) is 0 Å². The third-order valence-corrected chi connectivity index (χ3v) is 7.51. The maximum Gasteiger partial charge on any atom is 0.0616 e. The number of hydrogen-bond donors (Lipinski definition) is 0. The molecule has 1 aromatic rings. The monoisotopic (exact) mass is 404 g/mol. The van der Waals surface area contributed by atoms with Crippen molar-refractivity contribution in [1.82, 2.24) is 0 Å². The summed E-state index contributed by atoms with van der Waals surface area (Å²) in [6, 6.07) is 8.83. The summed E-state index contributed by atoms with van der Waals surface area (Å²) in [7, 11) is 0. The predicted molar refractivity (Wildman–Crippen MR) is 114 cm³/mol. The first kappa shape index (κ1) is 16.6. The van der Waals surface area contributed by atoms with Crippen molar-refractivity contribution in [2.45, 2.75) is 56.7 Å². The van der Waals surface area contributed by atoms with Crippen molar-refractivity contribution in [2.24, 2.45) is 0 Å². The second-order valence-electron chi connectivity index (χ2n) is 8.12. The number of alkyl halides is 1. The topological polar surface area (TPSA) is 0 Å². The highest BCUT2D eigenvalue weighted by Crippen LogP contribution is 2.48. The quantitative estimate of drug-likeness (QED) is 0.465. The summed E-state index contributed by atoms with van der Waals surface area (Å²) in [5.41, 5.74) is 13.9. The Labute approximate surface area is 165 Å². The minimum atomic E-state index is 0.445. The molecule has 1 aromatic carbocycles. The molecule has 0 saturated heterocycles. The first-order valence-corrected chi connectivity index (χ1v) is 10.9. The Kier molecular flexibility index (Phi) is 4.16. The van der Waals surface area contributed by atoms with Gasteiger partial charge in [-0.1, -0.05) is 64.0 Å². The highest BCUT2D eigenvalue weighted by molar-refractivity contribution is 9.09. The Hall–Kier alpha value is -1.60. The summed E-state index contributed by atoms with van der Waals surface area (Å²) in [4.78, 5) is 0.445. The zero-order valence-electron chi connectivity index (χ0n) is 15.4. The fourth-order valence-electron chi connectivity index (χ4n) is 5.06. The maximum absolute atomic E-state index is 4.02. The molecule has 0 bridgehead atoms. The van der Waals surface area contributed by atoms with Gasteiger partial charge in [0, 0.05) is 0 Å². The molecule has 0 radical (unpaired) electrons. The molecule has 0 aliphatic heterocycles. The van der Waals surface area contributed by atoms with E-state index in [1.54, 1.807) is 22.3 Å². The first-order chi connectivity index (χ1) is 12.7. The van der Waals surface area contributed by atoms with Gasteiger partial charge in [0.25, 0.3) is 0 Å². The third-order valence-electron chi connectivity index (χ3n) is 6.46. The fraction of sp³-hybridized carbons (Fsp3) is 0.360. The van der Waals surface area contributed by atoms with Crippen LogP contribution in [0.5, 0.6) is 0 Å². The van der Waals surface area contributed by atoms with Gasteiger partial charge in [-0.2, -0.15) is 0 Å². The lowest BCUT2D eigenvalue weighted by Crippen LogP contribution is -2.17. The van der Waals surface area contributed by atoms with E-state index < -0.39 is 0 Å². The number of fused-ring (bicyclic) bond motifs is 2. The lowest BCUT2D eigenvalue weighted by molar-refractivity contribution is 0.668. The van der Waals surface area contributed by atoms with E-state index >= 15 is 0 Å². The van der Waals surface area contributed by atoms with Crippen molar-refractivity contribution in [3.8, 4) is 0 Å². The van der Waals surface area contributed by atoms with Gasteiger partial charge in [-0.05, 0) is 96.4 Å². The lowest BCUT2D eigenvalue weighted by atomic mass is 9.79. The lowest BCUT2D eigenvalue weighted by Gasteiger charge is -2.30. The number of rotatable bonds is 3. The Morgan fingerprint density at radius 1 is 1.00 bits per heavy atom. The number of allylic oxidation sites excluding steroid dienone is 9. The molecule has 4 aliphatic carbocycles. The number of benzene rings is 1. The molecule has 0 amide bonds. The van der Waals surface area contributed by atoms with Gasteiger partial charge >= 0.3 is 0 Å². The van der Waals surface area contributed by atoms with Crippen LogP contribution < -0.4 is 0 Å². The third kappa shape index (κ3) is 2.72. The number of halogens is 1. The highest BCUT2D eigenvalue weighted by Gasteiger charge is 2.32. The Morgan fingerprint density at radius 2 is 1.85 bits per heavy atom. The molecule has 1 heteroatoms. The van der Waals surface area contributed by atoms with E-state index in [0.717, 1.165) is 6.42 Å². The Balaban J connectivity index is 1.37. The van der Waals surface area contributed by atoms with Crippen LogP contribution in [0.15, 0.2) is 75.4 Å². The van der Waals surface area contributed by atoms with Crippen LogP contribution in [-0.2, 0) is 6.42 Å². The van der Waals surface area contributed by atoms with E-state index in [-0.39, 0.29) is 0 Å². The van der Waals surface area contributed by atoms with Crippen LogP contribution in [0.1, 0.15) is 56.6 Å². The average molecular weight is 405 g/mol. The molecule has 1 atom stereocenters. The molecule has 0 fully saturated rings. The molecule has 0 aromatic heterocycles. The molecule has 4 aliphatic rings. The summed E-state index contributed by atoms with van der Waals surface area (Å²) in [5.74, 6) is 0. The molecule has 0 nitrogen and oxygen atoms in total. The van der Waals surface area contributed by atoms with Crippen molar-refractivity contribution in [3.05, 3.63) is 86.6 Å². The van der Waals surface area contributed by atoms with Crippen molar-refractivity contribution >= 4 is 22.0 Å². The van der Waals surface area contributed by atoms with Gasteiger partial charge in [-0.25, -0.2) is 0 Å². The van der Waals surface area contributed by atoms with E-state index in [1.165, 1.54) is 66.4 Å². The maximum atomic E-state index is 4.02. The predicted octanol–water partition coefficient (Wildman–Crippen LogP) is 7.24. The SMILES string of the molecule is CC1=C(CCC2=Cc3ccccc3C2)C2=CC3=C(CCCC3)C(Br)C2=C1. The van der Waals surface area contributed by atoms with Crippen LogP contribution in [0.25, 0.3) is 6.08 Å². The van der Waals surface area contributed by atoms with Gasteiger partial charge in [0.05, 0.1) is 4.83 Å². The zero-order valence-corrected chi connectivity index (χ0v) is 17.0. The van der Waals surface area contributed by atoms with Crippen molar-refractivity contribution in [3.63, 3.8) is 0 Å². The Bertz CT molecular complexity index is 933. The number of hydrogen-bond acceptors (Lipinski definition) is 0. The van der Waals surface area contributed by atoms with Crippen LogP contribution in [0, 0.1) is 0 Å². The minimum Gasteiger partial charge on any atom is -0.0790 e.